The maximum absolute atomic E-state index is 12.4. The minimum Gasteiger partial charge on any atom is -0.480 e. The van der Waals surface area contributed by atoms with Crippen molar-refractivity contribution in [3.8, 4) is 0 Å². The molecule has 0 aromatic heterocycles. The average Bonchev–Trinajstić information content (AvgIpc) is 2.88. The largest absolute Gasteiger partial charge is 0.480 e. The van der Waals surface area contributed by atoms with Gasteiger partial charge in [0.15, 0.2) is 0 Å². The highest BCUT2D eigenvalue weighted by atomic mass is 16.4. The summed E-state index contributed by atoms with van der Waals surface area (Å²) in [6.07, 6.45) is 8.73. The summed E-state index contributed by atoms with van der Waals surface area (Å²) in [5, 5.41) is 9.14. The van der Waals surface area contributed by atoms with Gasteiger partial charge in [-0.1, -0.05) is 39.0 Å². The van der Waals surface area contributed by atoms with Gasteiger partial charge in [0.25, 0.3) is 0 Å². The van der Waals surface area contributed by atoms with Crippen LogP contribution < -0.4 is 0 Å². The van der Waals surface area contributed by atoms with E-state index in [9.17, 15) is 9.59 Å². The van der Waals surface area contributed by atoms with Gasteiger partial charge in [-0.15, -0.1) is 0 Å². The lowest BCUT2D eigenvalue weighted by atomic mass is 9.83. The van der Waals surface area contributed by atoms with Crippen LogP contribution in [-0.4, -0.2) is 34.5 Å². The molecule has 0 bridgehead atoms. The molecule has 1 N–H and O–H groups in total. The van der Waals surface area contributed by atoms with Crippen LogP contribution in [0.4, 0.5) is 0 Å². The fourth-order valence-corrected chi connectivity index (χ4v) is 3.59. The van der Waals surface area contributed by atoms with Crippen LogP contribution >= 0.6 is 0 Å². The van der Waals surface area contributed by atoms with Gasteiger partial charge in [-0.05, 0) is 25.2 Å². The molecule has 1 aliphatic heterocycles. The molecule has 2 unspecified atom stereocenters. The zero-order chi connectivity index (χ0) is 13.8. The first-order chi connectivity index (χ1) is 9.09. The number of likely N-dealkylation sites (tertiary alicyclic amines) is 1. The highest BCUT2D eigenvalue weighted by Gasteiger charge is 2.36. The van der Waals surface area contributed by atoms with E-state index in [1.54, 1.807) is 4.90 Å². The highest BCUT2D eigenvalue weighted by Crippen LogP contribution is 2.30. The second-order valence-electron chi connectivity index (χ2n) is 6.17. The Morgan fingerprint density at radius 1 is 1.16 bits per heavy atom. The molecule has 0 radical (unpaired) electrons. The Bertz CT molecular complexity index is 336. The molecular weight excluding hydrogens is 242 g/mol. The summed E-state index contributed by atoms with van der Waals surface area (Å²) < 4.78 is 0. The SMILES string of the molecule is CC(CC1CCCCC1)C(=O)N1CCCC1C(=O)O. The fraction of sp³-hybridized carbons (Fsp3) is 0.867. The number of nitrogens with zero attached hydrogens (tertiary/aromatic N) is 1. The average molecular weight is 267 g/mol. The Hall–Kier alpha value is -1.06. The van der Waals surface area contributed by atoms with Gasteiger partial charge in [0.05, 0.1) is 0 Å². The molecule has 0 aromatic carbocycles. The van der Waals surface area contributed by atoms with Crippen molar-refractivity contribution in [2.45, 2.75) is 64.3 Å². The van der Waals surface area contributed by atoms with Crippen molar-refractivity contribution in [1.29, 1.82) is 0 Å². The fourth-order valence-electron chi connectivity index (χ4n) is 3.59. The van der Waals surface area contributed by atoms with Gasteiger partial charge in [0, 0.05) is 12.5 Å². The molecule has 1 heterocycles. The maximum atomic E-state index is 12.4. The van der Waals surface area contributed by atoms with Gasteiger partial charge < -0.3 is 10.0 Å². The number of hydrogen-bond acceptors (Lipinski definition) is 2. The van der Waals surface area contributed by atoms with Crippen LogP contribution in [0, 0.1) is 11.8 Å². The molecule has 1 aliphatic carbocycles. The number of aliphatic carboxylic acids is 1. The van der Waals surface area contributed by atoms with Crippen molar-refractivity contribution in [2.75, 3.05) is 6.54 Å². The van der Waals surface area contributed by atoms with Crippen LogP contribution in [-0.2, 0) is 9.59 Å². The summed E-state index contributed by atoms with van der Waals surface area (Å²) in [6.45, 7) is 2.58. The van der Waals surface area contributed by atoms with Crippen LogP contribution in [0.25, 0.3) is 0 Å². The van der Waals surface area contributed by atoms with Crippen molar-refractivity contribution in [2.24, 2.45) is 11.8 Å². The molecule has 4 heteroatoms. The number of carboxylic acids is 1. The molecule has 0 spiro atoms. The number of hydrogen-bond donors (Lipinski definition) is 1. The molecule has 4 nitrogen and oxygen atoms in total. The van der Waals surface area contributed by atoms with E-state index >= 15 is 0 Å². The quantitative estimate of drug-likeness (QED) is 0.852. The predicted molar refractivity (Wildman–Crippen MR) is 72.7 cm³/mol. The van der Waals surface area contributed by atoms with E-state index in [1.165, 1.54) is 32.1 Å². The Morgan fingerprint density at radius 3 is 2.47 bits per heavy atom. The van der Waals surface area contributed by atoms with Gasteiger partial charge in [-0.3, -0.25) is 4.79 Å². The van der Waals surface area contributed by atoms with E-state index in [2.05, 4.69) is 0 Å². The van der Waals surface area contributed by atoms with Crippen molar-refractivity contribution in [3.63, 3.8) is 0 Å². The monoisotopic (exact) mass is 267 g/mol. The van der Waals surface area contributed by atoms with E-state index < -0.39 is 12.0 Å². The van der Waals surface area contributed by atoms with Gasteiger partial charge in [-0.2, -0.15) is 0 Å². The number of carbonyl (C=O) groups is 2. The summed E-state index contributed by atoms with van der Waals surface area (Å²) in [5.41, 5.74) is 0. The number of carbonyl (C=O) groups excluding carboxylic acids is 1. The standard InChI is InChI=1S/C15H25NO3/c1-11(10-12-6-3-2-4-7-12)14(17)16-9-5-8-13(16)15(18)19/h11-13H,2-10H2,1H3,(H,18,19). The Kier molecular flexibility index (Phi) is 4.83. The van der Waals surface area contributed by atoms with Gasteiger partial charge in [0.2, 0.25) is 5.91 Å². The van der Waals surface area contributed by atoms with Crippen LogP contribution in [0.2, 0.25) is 0 Å². The molecule has 108 valence electrons. The minimum absolute atomic E-state index is 0.0250. The lowest BCUT2D eigenvalue weighted by Crippen LogP contribution is -2.43. The lowest BCUT2D eigenvalue weighted by molar-refractivity contribution is -0.149. The third-order valence-corrected chi connectivity index (χ3v) is 4.65. The molecule has 2 atom stereocenters. The van der Waals surface area contributed by atoms with Crippen molar-refractivity contribution in [3.05, 3.63) is 0 Å². The zero-order valence-corrected chi connectivity index (χ0v) is 11.8. The summed E-state index contributed by atoms with van der Waals surface area (Å²) in [5.74, 6) is -0.159. The topological polar surface area (TPSA) is 57.6 Å². The number of carboxylic acid groups (broad SMARTS) is 1. The summed E-state index contributed by atoms with van der Waals surface area (Å²) in [6, 6.07) is -0.582. The smallest absolute Gasteiger partial charge is 0.326 e. The second-order valence-corrected chi connectivity index (χ2v) is 6.17. The van der Waals surface area contributed by atoms with Crippen LogP contribution in [0.3, 0.4) is 0 Å². The third kappa shape index (κ3) is 3.48. The molecular formula is C15H25NO3. The minimum atomic E-state index is -0.851. The predicted octanol–water partition coefficient (Wildman–Crippen LogP) is 2.67. The first-order valence-electron chi connectivity index (χ1n) is 7.63. The number of rotatable bonds is 4. The van der Waals surface area contributed by atoms with Crippen LogP contribution in [0.5, 0.6) is 0 Å². The Balaban J connectivity index is 1.89. The lowest BCUT2D eigenvalue weighted by Gasteiger charge is -2.28. The van der Waals surface area contributed by atoms with Gasteiger partial charge in [0.1, 0.15) is 6.04 Å². The van der Waals surface area contributed by atoms with Crippen molar-refractivity contribution >= 4 is 11.9 Å². The molecule has 1 saturated carbocycles. The molecule has 1 amide bonds. The van der Waals surface area contributed by atoms with E-state index in [4.69, 9.17) is 5.11 Å². The highest BCUT2D eigenvalue weighted by molar-refractivity contribution is 5.85. The maximum Gasteiger partial charge on any atom is 0.326 e. The molecule has 1 saturated heterocycles. The third-order valence-electron chi connectivity index (χ3n) is 4.65. The number of amides is 1. The Labute approximate surface area is 115 Å². The first kappa shape index (κ1) is 14.4. The molecule has 0 aromatic rings. The second kappa shape index (κ2) is 6.40. The van der Waals surface area contributed by atoms with E-state index in [-0.39, 0.29) is 11.8 Å². The van der Waals surface area contributed by atoms with E-state index in [0.717, 1.165) is 12.8 Å². The zero-order valence-electron chi connectivity index (χ0n) is 11.8. The van der Waals surface area contributed by atoms with E-state index in [0.29, 0.717) is 18.9 Å². The van der Waals surface area contributed by atoms with Gasteiger partial charge >= 0.3 is 5.97 Å². The molecule has 2 rings (SSSR count). The molecule has 2 fully saturated rings. The first-order valence-corrected chi connectivity index (χ1v) is 7.63. The Morgan fingerprint density at radius 2 is 1.84 bits per heavy atom. The van der Waals surface area contributed by atoms with Crippen LogP contribution in [0.1, 0.15) is 58.3 Å². The summed E-state index contributed by atoms with van der Waals surface area (Å²) in [4.78, 5) is 25.1. The summed E-state index contributed by atoms with van der Waals surface area (Å²) >= 11 is 0. The summed E-state index contributed by atoms with van der Waals surface area (Å²) in [7, 11) is 0. The van der Waals surface area contributed by atoms with Crippen molar-refractivity contribution < 1.29 is 14.7 Å². The van der Waals surface area contributed by atoms with Crippen molar-refractivity contribution in [1.82, 2.24) is 4.90 Å². The molecule has 19 heavy (non-hydrogen) atoms. The normalized spacial score (nSPS) is 26.4. The van der Waals surface area contributed by atoms with Crippen LogP contribution in [0.15, 0.2) is 0 Å². The van der Waals surface area contributed by atoms with Gasteiger partial charge in [-0.25, -0.2) is 4.79 Å². The van der Waals surface area contributed by atoms with E-state index in [1.807, 2.05) is 6.92 Å². The molecule has 2 aliphatic rings.